The maximum absolute atomic E-state index is 12.1. The van der Waals surface area contributed by atoms with Crippen LogP contribution >= 0.6 is 0 Å². The lowest BCUT2D eigenvalue weighted by atomic mass is 10.0. The molecule has 0 bridgehead atoms. The summed E-state index contributed by atoms with van der Waals surface area (Å²) in [6, 6.07) is 5.15. The summed E-state index contributed by atoms with van der Waals surface area (Å²) in [5.41, 5.74) is 2.74. The van der Waals surface area contributed by atoms with Gasteiger partial charge in [0.05, 0.1) is 23.9 Å². The second-order valence-corrected chi connectivity index (χ2v) is 8.12. The molecule has 1 saturated heterocycles. The molecule has 1 aromatic rings. The van der Waals surface area contributed by atoms with Gasteiger partial charge >= 0.3 is 0 Å². The van der Waals surface area contributed by atoms with Crippen LogP contribution in [0.3, 0.4) is 0 Å². The molecule has 25 heavy (non-hydrogen) atoms. The van der Waals surface area contributed by atoms with Gasteiger partial charge in [0, 0.05) is 18.2 Å². The second kappa shape index (κ2) is 8.28. The van der Waals surface area contributed by atoms with Gasteiger partial charge in [0.15, 0.2) is 0 Å². The van der Waals surface area contributed by atoms with E-state index in [0.29, 0.717) is 24.9 Å². The predicted octanol–water partition coefficient (Wildman–Crippen LogP) is 2.76. The molecule has 1 aliphatic rings. The summed E-state index contributed by atoms with van der Waals surface area (Å²) < 4.78 is 0. The number of likely N-dealkylation sites (tertiary alicyclic amines) is 1. The molecule has 140 valence electrons. The number of nitrogens with zero attached hydrogens (tertiary/aromatic N) is 2. The van der Waals surface area contributed by atoms with E-state index in [1.807, 2.05) is 20.8 Å². The minimum Gasteiger partial charge on any atom is -0.394 e. The molecule has 0 unspecified atom stereocenters. The van der Waals surface area contributed by atoms with Crippen molar-refractivity contribution in [3.8, 4) is 0 Å². The lowest BCUT2D eigenvalue weighted by molar-refractivity contribution is -0.123. The number of aliphatic hydroxyl groups is 1. The van der Waals surface area contributed by atoms with Crippen molar-refractivity contribution >= 4 is 5.91 Å². The topological polar surface area (TPSA) is 65.5 Å². The van der Waals surface area contributed by atoms with Crippen LogP contribution in [0.15, 0.2) is 12.1 Å². The Labute approximate surface area is 151 Å². The number of aliphatic hydroxyl groups excluding tert-OH is 1. The van der Waals surface area contributed by atoms with Gasteiger partial charge in [-0.2, -0.15) is 0 Å². The molecule has 1 amide bonds. The number of carbonyl (C=O) groups excluding carboxylic acids is 1. The first-order chi connectivity index (χ1) is 11.7. The van der Waals surface area contributed by atoms with Crippen LogP contribution in [-0.4, -0.2) is 45.6 Å². The first-order valence-corrected chi connectivity index (χ1v) is 9.37. The second-order valence-electron chi connectivity index (χ2n) is 8.12. The zero-order valence-electron chi connectivity index (χ0n) is 16.3. The summed E-state index contributed by atoms with van der Waals surface area (Å²) in [5.74, 6) is -0.0280. The van der Waals surface area contributed by atoms with Gasteiger partial charge in [-0.05, 0) is 78.1 Å². The van der Waals surface area contributed by atoms with Crippen LogP contribution in [0.4, 0.5) is 0 Å². The zero-order valence-corrected chi connectivity index (χ0v) is 16.3. The predicted molar refractivity (Wildman–Crippen MR) is 100 cm³/mol. The molecule has 5 heteroatoms. The molecule has 1 aromatic heterocycles. The van der Waals surface area contributed by atoms with Gasteiger partial charge in [0.25, 0.3) is 0 Å². The molecule has 0 aromatic carbocycles. The molecule has 1 atom stereocenters. The smallest absolute Gasteiger partial charge is 0.220 e. The Morgan fingerprint density at radius 2 is 2.16 bits per heavy atom. The lowest BCUT2D eigenvalue weighted by Crippen LogP contribution is -2.46. The van der Waals surface area contributed by atoms with Crippen LogP contribution in [0.2, 0.25) is 0 Å². The Hall–Kier alpha value is -1.46. The monoisotopic (exact) mass is 347 g/mol. The van der Waals surface area contributed by atoms with Gasteiger partial charge in [0.1, 0.15) is 0 Å². The van der Waals surface area contributed by atoms with Crippen molar-refractivity contribution in [1.82, 2.24) is 15.2 Å². The fraction of sp³-hybridized carbons (Fsp3) is 0.700. The maximum atomic E-state index is 12.1. The van der Waals surface area contributed by atoms with Crippen molar-refractivity contribution < 1.29 is 9.90 Å². The van der Waals surface area contributed by atoms with Crippen molar-refractivity contribution in [3.05, 3.63) is 29.1 Å². The molecular weight excluding hydrogens is 314 g/mol. The summed E-state index contributed by atoms with van der Waals surface area (Å²) >= 11 is 0. The summed E-state index contributed by atoms with van der Waals surface area (Å²) in [6.07, 6.45) is 3.48. The molecular formula is C20H33N3O2. The van der Waals surface area contributed by atoms with Gasteiger partial charge in [-0.3, -0.25) is 14.7 Å². The van der Waals surface area contributed by atoms with Crippen molar-refractivity contribution in [2.24, 2.45) is 0 Å². The van der Waals surface area contributed by atoms with Gasteiger partial charge in [-0.15, -0.1) is 0 Å². The number of hydrogen-bond acceptors (Lipinski definition) is 4. The van der Waals surface area contributed by atoms with Crippen LogP contribution in [-0.2, 0) is 11.2 Å². The molecule has 1 fully saturated rings. The molecule has 2 heterocycles. The minimum absolute atomic E-state index is 0.0280. The number of nitrogens with one attached hydrogen (secondary N) is 1. The fourth-order valence-corrected chi connectivity index (χ4v) is 3.55. The first kappa shape index (κ1) is 19.9. The van der Waals surface area contributed by atoms with E-state index in [1.165, 1.54) is 6.42 Å². The molecule has 0 saturated carbocycles. The van der Waals surface area contributed by atoms with E-state index in [4.69, 9.17) is 4.98 Å². The van der Waals surface area contributed by atoms with Crippen molar-refractivity contribution in [1.29, 1.82) is 0 Å². The molecule has 1 aliphatic heterocycles. The standard InChI is InChI=1S/C20H33N3O2/c1-14(2)23-10-6-7-18(23)17-12-16(11-15(3)21-17)8-9-19(25)22-20(4,5)13-24/h11-12,14,18,24H,6-10,13H2,1-5H3,(H,22,25)/t18-/m1/s1. The van der Waals surface area contributed by atoms with Crippen LogP contribution < -0.4 is 5.32 Å². The average Bonchev–Trinajstić information content (AvgIpc) is 3.02. The third-order valence-electron chi connectivity index (χ3n) is 4.85. The van der Waals surface area contributed by atoms with Crippen molar-refractivity contribution in [2.45, 2.75) is 77.9 Å². The number of amides is 1. The molecule has 2 N–H and O–H groups in total. The van der Waals surface area contributed by atoms with Crippen LogP contribution in [0.25, 0.3) is 0 Å². The Morgan fingerprint density at radius 1 is 1.44 bits per heavy atom. The normalized spacial score (nSPS) is 18.8. The number of carbonyl (C=O) groups is 1. The minimum atomic E-state index is -0.571. The van der Waals surface area contributed by atoms with Crippen molar-refractivity contribution in [2.75, 3.05) is 13.2 Å². The van der Waals surface area contributed by atoms with E-state index >= 15 is 0 Å². The Kier molecular flexibility index (Phi) is 6.58. The molecule has 5 nitrogen and oxygen atoms in total. The largest absolute Gasteiger partial charge is 0.394 e. The fourth-order valence-electron chi connectivity index (χ4n) is 3.55. The van der Waals surface area contributed by atoms with E-state index in [2.05, 4.69) is 36.2 Å². The number of aryl methyl sites for hydroxylation is 2. The zero-order chi connectivity index (χ0) is 18.6. The van der Waals surface area contributed by atoms with Crippen LogP contribution in [0.1, 0.15) is 70.0 Å². The van der Waals surface area contributed by atoms with E-state index < -0.39 is 5.54 Å². The molecule has 0 radical (unpaired) electrons. The van der Waals surface area contributed by atoms with Gasteiger partial charge < -0.3 is 10.4 Å². The summed E-state index contributed by atoms with van der Waals surface area (Å²) in [4.78, 5) is 19.4. The van der Waals surface area contributed by atoms with Gasteiger partial charge in [-0.1, -0.05) is 0 Å². The molecule has 0 aliphatic carbocycles. The number of hydrogen-bond donors (Lipinski definition) is 2. The van der Waals surface area contributed by atoms with E-state index in [9.17, 15) is 9.90 Å². The van der Waals surface area contributed by atoms with Gasteiger partial charge in [0.2, 0.25) is 5.91 Å². The van der Waals surface area contributed by atoms with Gasteiger partial charge in [-0.25, -0.2) is 0 Å². The quantitative estimate of drug-likeness (QED) is 0.796. The summed E-state index contributed by atoms with van der Waals surface area (Å²) in [6.45, 7) is 11.2. The Bertz CT molecular complexity index is 599. The highest BCUT2D eigenvalue weighted by Crippen LogP contribution is 2.33. The number of aromatic nitrogens is 1. The lowest BCUT2D eigenvalue weighted by Gasteiger charge is -2.28. The Morgan fingerprint density at radius 3 is 2.80 bits per heavy atom. The third-order valence-corrected chi connectivity index (χ3v) is 4.85. The molecule has 0 spiro atoms. The van der Waals surface area contributed by atoms with E-state index in [0.717, 1.165) is 29.9 Å². The van der Waals surface area contributed by atoms with Crippen LogP contribution in [0.5, 0.6) is 0 Å². The highest BCUT2D eigenvalue weighted by molar-refractivity contribution is 5.77. The number of rotatable bonds is 7. The van der Waals surface area contributed by atoms with Crippen molar-refractivity contribution in [3.63, 3.8) is 0 Å². The SMILES string of the molecule is Cc1cc(CCC(=O)NC(C)(C)CO)cc([C@H]2CCCN2C(C)C)n1. The maximum Gasteiger partial charge on any atom is 0.220 e. The summed E-state index contributed by atoms with van der Waals surface area (Å²) in [5, 5.41) is 12.1. The highest BCUT2D eigenvalue weighted by Gasteiger charge is 2.29. The average molecular weight is 348 g/mol. The summed E-state index contributed by atoms with van der Waals surface area (Å²) in [7, 11) is 0. The Balaban J connectivity index is 2.05. The number of pyridine rings is 1. The first-order valence-electron chi connectivity index (χ1n) is 9.37. The van der Waals surface area contributed by atoms with Crippen LogP contribution in [0, 0.1) is 6.92 Å². The third kappa shape index (κ3) is 5.51. The highest BCUT2D eigenvalue weighted by atomic mass is 16.3. The molecule has 2 rings (SSSR count). The van der Waals surface area contributed by atoms with E-state index in [1.54, 1.807) is 0 Å². The van der Waals surface area contributed by atoms with E-state index in [-0.39, 0.29) is 12.5 Å².